The molecule has 1 aliphatic heterocycles. The smallest absolute Gasteiger partial charge is 0.191 e. The first-order chi connectivity index (χ1) is 12.5. The maximum absolute atomic E-state index is 10.6. The van der Waals surface area contributed by atoms with Crippen molar-refractivity contribution in [3.05, 3.63) is 18.0 Å². The van der Waals surface area contributed by atoms with Crippen molar-refractivity contribution >= 4 is 29.9 Å². The Bertz CT molecular complexity index is 559. The van der Waals surface area contributed by atoms with Crippen LogP contribution in [0.5, 0.6) is 0 Å². The standard InChI is InChI=1S/C18H33N5O3.HI/c1-4-19-17(20-8-5-9-26-16-6-10-25-11-7-16)21-14-18(2,24)15-12-22-23(3)13-15;/h12-13,16,24H,4-11,14H2,1-3H3,(H2,19,20,21);1H. The fraction of sp³-hybridized carbons (Fsp3) is 0.778. The van der Waals surface area contributed by atoms with Gasteiger partial charge in [-0.25, -0.2) is 4.99 Å². The lowest BCUT2D eigenvalue weighted by Crippen LogP contribution is -2.39. The van der Waals surface area contributed by atoms with Crippen LogP contribution in [0.1, 0.15) is 38.7 Å². The Morgan fingerprint density at radius 3 is 2.81 bits per heavy atom. The van der Waals surface area contributed by atoms with Gasteiger partial charge in [0.25, 0.3) is 0 Å². The number of nitrogens with zero attached hydrogens (tertiary/aromatic N) is 3. The lowest BCUT2D eigenvalue weighted by molar-refractivity contribution is -0.0320. The van der Waals surface area contributed by atoms with E-state index < -0.39 is 5.60 Å². The van der Waals surface area contributed by atoms with Crippen molar-refractivity contribution in [2.75, 3.05) is 39.5 Å². The molecule has 1 atom stereocenters. The average Bonchev–Trinajstić information content (AvgIpc) is 3.07. The van der Waals surface area contributed by atoms with Crippen molar-refractivity contribution in [1.29, 1.82) is 0 Å². The molecule has 0 radical (unpaired) electrons. The molecule has 9 heteroatoms. The fourth-order valence-corrected chi connectivity index (χ4v) is 2.74. The second-order valence-corrected chi connectivity index (χ2v) is 6.83. The molecule has 1 saturated heterocycles. The van der Waals surface area contributed by atoms with Crippen LogP contribution in [0.4, 0.5) is 0 Å². The van der Waals surface area contributed by atoms with Crippen molar-refractivity contribution in [2.45, 2.75) is 44.8 Å². The molecule has 0 amide bonds. The van der Waals surface area contributed by atoms with Crippen molar-refractivity contribution in [3.8, 4) is 0 Å². The molecule has 1 fully saturated rings. The zero-order valence-electron chi connectivity index (χ0n) is 16.6. The largest absolute Gasteiger partial charge is 0.383 e. The zero-order valence-corrected chi connectivity index (χ0v) is 18.9. The quantitative estimate of drug-likeness (QED) is 0.208. The third kappa shape index (κ3) is 8.75. The van der Waals surface area contributed by atoms with Gasteiger partial charge in [0.15, 0.2) is 5.96 Å². The molecule has 156 valence electrons. The minimum absolute atomic E-state index is 0. The second kappa shape index (κ2) is 12.5. The molecule has 1 aromatic rings. The van der Waals surface area contributed by atoms with Crippen LogP contribution < -0.4 is 10.6 Å². The van der Waals surface area contributed by atoms with Crippen LogP contribution in [0.3, 0.4) is 0 Å². The third-order valence-electron chi connectivity index (χ3n) is 4.35. The van der Waals surface area contributed by atoms with E-state index >= 15 is 0 Å². The molecule has 2 heterocycles. The molecule has 1 unspecified atom stereocenters. The van der Waals surface area contributed by atoms with E-state index in [4.69, 9.17) is 9.47 Å². The first-order valence-corrected chi connectivity index (χ1v) is 9.44. The maximum atomic E-state index is 10.6. The summed E-state index contributed by atoms with van der Waals surface area (Å²) in [5, 5.41) is 21.2. The van der Waals surface area contributed by atoms with E-state index in [0.29, 0.717) is 12.1 Å². The molecule has 0 bridgehead atoms. The Hall–Kier alpha value is -0.910. The highest BCUT2D eigenvalue weighted by molar-refractivity contribution is 14.0. The topological polar surface area (TPSA) is 92.9 Å². The molecular formula is C18H34IN5O3. The van der Waals surface area contributed by atoms with Crippen molar-refractivity contribution in [2.24, 2.45) is 12.0 Å². The van der Waals surface area contributed by atoms with E-state index in [-0.39, 0.29) is 30.5 Å². The summed E-state index contributed by atoms with van der Waals surface area (Å²) in [6.07, 6.45) is 6.69. The fourth-order valence-electron chi connectivity index (χ4n) is 2.74. The SMILES string of the molecule is CCNC(=NCC(C)(O)c1cnn(C)c1)NCCCOC1CCOCC1.I. The van der Waals surface area contributed by atoms with Gasteiger partial charge in [-0.05, 0) is 33.1 Å². The van der Waals surface area contributed by atoms with Gasteiger partial charge in [0.2, 0.25) is 0 Å². The summed E-state index contributed by atoms with van der Waals surface area (Å²) < 4.78 is 12.9. The number of aliphatic imine (C=N–C) groups is 1. The lowest BCUT2D eigenvalue weighted by Gasteiger charge is -2.22. The van der Waals surface area contributed by atoms with Gasteiger partial charge in [-0.1, -0.05) is 0 Å². The summed E-state index contributed by atoms with van der Waals surface area (Å²) >= 11 is 0. The highest BCUT2D eigenvalue weighted by Gasteiger charge is 2.24. The predicted molar refractivity (Wildman–Crippen MR) is 117 cm³/mol. The van der Waals surface area contributed by atoms with Crippen molar-refractivity contribution in [1.82, 2.24) is 20.4 Å². The van der Waals surface area contributed by atoms with E-state index in [2.05, 4.69) is 20.7 Å². The van der Waals surface area contributed by atoms with Crippen LogP contribution >= 0.6 is 24.0 Å². The molecule has 8 nitrogen and oxygen atoms in total. The molecule has 27 heavy (non-hydrogen) atoms. The Labute approximate surface area is 179 Å². The van der Waals surface area contributed by atoms with Crippen LogP contribution in [0.2, 0.25) is 0 Å². The summed E-state index contributed by atoms with van der Waals surface area (Å²) in [5.41, 5.74) is -0.299. The molecule has 3 N–H and O–H groups in total. The normalized spacial score (nSPS) is 17.9. The molecule has 1 aromatic heterocycles. The van der Waals surface area contributed by atoms with Gasteiger partial charge < -0.3 is 25.2 Å². The second-order valence-electron chi connectivity index (χ2n) is 6.83. The van der Waals surface area contributed by atoms with Gasteiger partial charge in [-0.3, -0.25) is 4.68 Å². The molecule has 1 aliphatic rings. The Morgan fingerprint density at radius 1 is 1.44 bits per heavy atom. The number of ether oxygens (including phenoxy) is 2. The number of guanidine groups is 1. The highest BCUT2D eigenvalue weighted by atomic mass is 127. The molecule has 0 saturated carbocycles. The molecule has 0 spiro atoms. The molecular weight excluding hydrogens is 461 g/mol. The Morgan fingerprint density at radius 2 is 2.19 bits per heavy atom. The molecule has 0 aromatic carbocycles. The lowest BCUT2D eigenvalue weighted by atomic mass is 10.0. The number of aryl methyl sites for hydroxylation is 1. The summed E-state index contributed by atoms with van der Waals surface area (Å²) in [7, 11) is 1.83. The van der Waals surface area contributed by atoms with E-state index in [1.54, 1.807) is 17.8 Å². The zero-order chi connectivity index (χ0) is 18.8. The first kappa shape index (κ1) is 24.1. The predicted octanol–water partition coefficient (Wildman–Crippen LogP) is 1.39. The van der Waals surface area contributed by atoms with Gasteiger partial charge in [0, 0.05) is 51.7 Å². The number of aliphatic hydroxyl groups is 1. The van der Waals surface area contributed by atoms with Crippen LogP contribution in [-0.2, 0) is 22.1 Å². The van der Waals surface area contributed by atoms with Crippen LogP contribution in [0, 0.1) is 0 Å². The Kier molecular flexibility index (Phi) is 11.2. The average molecular weight is 495 g/mol. The summed E-state index contributed by atoms with van der Waals surface area (Å²) in [6.45, 7) is 7.89. The van der Waals surface area contributed by atoms with Gasteiger partial charge in [0.1, 0.15) is 5.60 Å². The van der Waals surface area contributed by atoms with Gasteiger partial charge in [-0.2, -0.15) is 5.10 Å². The number of nitrogens with one attached hydrogen (secondary N) is 2. The van der Waals surface area contributed by atoms with Crippen LogP contribution in [-0.4, -0.2) is 66.4 Å². The first-order valence-electron chi connectivity index (χ1n) is 9.44. The summed E-state index contributed by atoms with van der Waals surface area (Å²) in [4.78, 5) is 4.51. The van der Waals surface area contributed by atoms with E-state index in [1.807, 2.05) is 20.2 Å². The van der Waals surface area contributed by atoms with Crippen LogP contribution in [0.25, 0.3) is 0 Å². The van der Waals surface area contributed by atoms with Crippen molar-refractivity contribution < 1.29 is 14.6 Å². The minimum atomic E-state index is -1.05. The van der Waals surface area contributed by atoms with Gasteiger partial charge in [-0.15, -0.1) is 24.0 Å². The maximum Gasteiger partial charge on any atom is 0.191 e. The molecule has 0 aliphatic carbocycles. The van der Waals surface area contributed by atoms with E-state index in [1.165, 1.54) is 0 Å². The number of halogens is 1. The van der Waals surface area contributed by atoms with Gasteiger partial charge in [0.05, 0.1) is 18.8 Å². The Balaban J connectivity index is 0.00000364. The number of hydrogen-bond acceptors (Lipinski definition) is 5. The van der Waals surface area contributed by atoms with Crippen molar-refractivity contribution in [3.63, 3.8) is 0 Å². The van der Waals surface area contributed by atoms with E-state index in [0.717, 1.165) is 57.7 Å². The third-order valence-corrected chi connectivity index (χ3v) is 4.35. The summed E-state index contributed by atoms with van der Waals surface area (Å²) in [6, 6.07) is 0. The number of rotatable bonds is 9. The monoisotopic (exact) mass is 495 g/mol. The highest BCUT2D eigenvalue weighted by Crippen LogP contribution is 2.19. The van der Waals surface area contributed by atoms with E-state index in [9.17, 15) is 5.11 Å². The number of aromatic nitrogens is 2. The number of hydrogen-bond donors (Lipinski definition) is 3. The minimum Gasteiger partial charge on any atom is -0.383 e. The molecule has 2 rings (SSSR count). The van der Waals surface area contributed by atoms with Crippen LogP contribution in [0.15, 0.2) is 17.4 Å². The van der Waals surface area contributed by atoms with Gasteiger partial charge >= 0.3 is 0 Å². The summed E-state index contributed by atoms with van der Waals surface area (Å²) in [5.74, 6) is 0.697.